The number of aliphatic hydroxyl groups excluding tert-OH is 1. The Labute approximate surface area is 120 Å². The van der Waals surface area contributed by atoms with Crippen molar-refractivity contribution in [2.24, 2.45) is 0 Å². The fourth-order valence-corrected chi connectivity index (χ4v) is 3.87. The summed E-state index contributed by atoms with van der Waals surface area (Å²) in [6.45, 7) is 1.70. The molecule has 20 heavy (non-hydrogen) atoms. The van der Waals surface area contributed by atoms with Crippen molar-refractivity contribution in [1.82, 2.24) is 0 Å². The van der Waals surface area contributed by atoms with Gasteiger partial charge in [-0.25, -0.2) is 8.42 Å². The van der Waals surface area contributed by atoms with E-state index in [2.05, 4.69) is 0 Å². The van der Waals surface area contributed by atoms with Crippen molar-refractivity contribution in [2.75, 3.05) is 6.26 Å². The zero-order chi connectivity index (χ0) is 14.8. The standard InChI is InChI=1S/C15H22O4S/c1-11(16)14-8-3-4-9-15(14)19-12-6-5-7-13(10-12)20(2,17)18/h3-4,8-9,11-13,16H,5-7,10H2,1-2H3/t11-,12?,13?/m1/s1. The number of hydrogen-bond donors (Lipinski definition) is 1. The minimum absolute atomic E-state index is 0.0941. The summed E-state index contributed by atoms with van der Waals surface area (Å²) in [4.78, 5) is 0. The van der Waals surface area contributed by atoms with Gasteiger partial charge in [0.05, 0.1) is 17.5 Å². The van der Waals surface area contributed by atoms with E-state index in [0.717, 1.165) is 24.8 Å². The van der Waals surface area contributed by atoms with Crippen LogP contribution in [0.3, 0.4) is 0 Å². The van der Waals surface area contributed by atoms with Gasteiger partial charge in [-0.15, -0.1) is 0 Å². The lowest BCUT2D eigenvalue weighted by molar-refractivity contribution is 0.143. The van der Waals surface area contributed by atoms with Gasteiger partial charge in [0.15, 0.2) is 0 Å². The van der Waals surface area contributed by atoms with Gasteiger partial charge in [-0.1, -0.05) is 18.2 Å². The highest BCUT2D eigenvalue weighted by Gasteiger charge is 2.30. The van der Waals surface area contributed by atoms with Crippen molar-refractivity contribution in [3.8, 4) is 5.75 Å². The second-order valence-corrected chi connectivity index (χ2v) is 7.90. The molecule has 1 aliphatic carbocycles. The van der Waals surface area contributed by atoms with Crippen molar-refractivity contribution in [2.45, 2.75) is 50.1 Å². The molecule has 0 bridgehead atoms. The Kier molecular flexibility index (Phi) is 4.70. The molecule has 1 N–H and O–H groups in total. The Morgan fingerprint density at radius 3 is 2.65 bits per heavy atom. The molecule has 1 aromatic carbocycles. The van der Waals surface area contributed by atoms with Crippen LogP contribution in [0.4, 0.5) is 0 Å². The number of hydrogen-bond acceptors (Lipinski definition) is 4. The minimum atomic E-state index is -3.01. The molecule has 0 amide bonds. The van der Waals surface area contributed by atoms with E-state index in [-0.39, 0.29) is 11.4 Å². The van der Waals surface area contributed by atoms with E-state index in [0.29, 0.717) is 12.2 Å². The summed E-state index contributed by atoms with van der Waals surface area (Å²) in [5, 5.41) is 9.43. The number of aliphatic hydroxyl groups is 1. The maximum atomic E-state index is 11.7. The van der Waals surface area contributed by atoms with Gasteiger partial charge >= 0.3 is 0 Å². The van der Waals surface area contributed by atoms with Gasteiger partial charge in [0.1, 0.15) is 15.6 Å². The van der Waals surface area contributed by atoms with Gasteiger partial charge in [0.25, 0.3) is 0 Å². The molecule has 0 heterocycles. The first-order valence-electron chi connectivity index (χ1n) is 7.00. The predicted octanol–water partition coefficient (Wildman–Crippen LogP) is 2.47. The number of para-hydroxylation sites is 1. The molecular formula is C15H22O4S. The van der Waals surface area contributed by atoms with E-state index in [1.54, 1.807) is 6.92 Å². The van der Waals surface area contributed by atoms with Crippen LogP contribution in [0.15, 0.2) is 24.3 Å². The van der Waals surface area contributed by atoms with Crippen molar-refractivity contribution in [3.63, 3.8) is 0 Å². The molecule has 0 spiro atoms. The van der Waals surface area contributed by atoms with E-state index in [1.165, 1.54) is 6.26 Å². The summed E-state index contributed by atoms with van der Waals surface area (Å²) in [7, 11) is -3.01. The van der Waals surface area contributed by atoms with Gasteiger partial charge in [-0.2, -0.15) is 0 Å². The molecular weight excluding hydrogens is 276 g/mol. The van der Waals surface area contributed by atoms with Crippen LogP contribution in [0.1, 0.15) is 44.3 Å². The molecule has 0 aromatic heterocycles. The normalized spacial score (nSPS) is 25.1. The fraction of sp³-hybridized carbons (Fsp3) is 0.600. The van der Waals surface area contributed by atoms with Crippen LogP contribution in [-0.4, -0.2) is 31.1 Å². The molecule has 5 heteroatoms. The maximum Gasteiger partial charge on any atom is 0.150 e. The van der Waals surface area contributed by atoms with Crippen LogP contribution in [-0.2, 0) is 9.84 Å². The summed E-state index contributed by atoms with van der Waals surface area (Å²) in [6.07, 6.45) is 3.58. The number of sulfone groups is 1. The zero-order valence-electron chi connectivity index (χ0n) is 12.0. The van der Waals surface area contributed by atoms with Crippen LogP contribution >= 0.6 is 0 Å². The minimum Gasteiger partial charge on any atom is -0.490 e. The summed E-state index contributed by atoms with van der Waals surface area (Å²) < 4.78 is 29.3. The zero-order valence-corrected chi connectivity index (χ0v) is 12.8. The first-order chi connectivity index (χ1) is 9.38. The van der Waals surface area contributed by atoms with E-state index in [1.807, 2.05) is 24.3 Å². The Morgan fingerprint density at radius 1 is 1.30 bits per heavy atom. The predicted molar refractivity (Wildman–Crippen MR) is 78.6 cm³/mol. The van der Waals surface area contributed by atoms with Gasteiger partial charge in [-0.05, 0) is 32.3 Å². The lowest BCUT2D eigenvalue weighted by Gasteiger charge is -2.29. The Bertz CT molecular complexity index is 551. The Balaban J connectivity index is 2.11. The van der Waals surface area contributed by atoms with Crippen molar-refractivity contribution in [3.05, 3.63) is 29.8 Å². The smallest absolute Gasteiger partial charge is 0.150 e. The van der Waals surface area contributed by atoms with Gasteiger partial charge in [0, 0.05) is 18.2 Å². The van der Waals surface area contributed by atoms with Crippen LogP contribution in [0.2, 0.25) is 0 Å². The van der Waals surface area contributed by atoms with Crippen LogP contribution < -0.4 is 4.74 Å². The summed E-state index contributed by atoms with van der Waals surface area (Å²) in [6, 6.07) is 7.37. The first kappa shape index (κ1) is 15.3. The van der Waals surface area contributed by atoms with Gasteiger partial charge < -0.3 is 9.84 Å². The van der Waals surface area contributed by atoms with Crippen molar-refractivity contribution < 1.29 is 18.3 Å². The molecule has 1 saturated carbocycles. The number of benzene rings is 1. The quantitative estimate of drug-likeness (QED) is 0.927. The molecule has 0 aliphatic heterocycles. The molecule has 4 nitrogen and oxygen atoms in total. The van der Waals surface area contributed by atoms with Crippen molar-refractivity contribution in [1.29, 1.82) is 0 Å². The Hall–Kier alpha value is -1.07. The molecule has 2 rings (SSSR count). The molecule has 3 atom stereocenters. The Morgan fingerprint density at radius 2 is 2.00 bits per heavy atom. The largest absolute Gasteiger partial charge is 0.490 e. The molecule has 1 fully saturated rings. The summed E-state index contributed by atoms with van der Waals surface area (Å²) >= 11 is 0. The third kappa shape index (κ3) is 3.73. The number of rotatable bonds is 4. The molecule has 0 saturated heterocycles. The average molecular weight is 298 g/mol. The van der Waals surface area contributed by atoms with E-state index >= 15 is 0 Å². The third-order valence-corrected chi connectivity index (χ3v) is 5.49. The van der Waals surface area contributed by atoms with E-state index < -0.39 is 15.9 Å². The molecule has 2 unspecified atom stereocenters. The maximum absolute atomic E-state index is 11.7. The monoisotopic (exact) mass is 298 g/mol. The van der Waals surface area contributed by atoms with Crippen molar-refractivity contribution >= 4 is 9.84 Å². The molecule has 0 radical (unpaired) electrons. The van der Waals surface area contributed by atoms with Gasteiger partial charge in [-0.3, -0.25) is 0 Å². The van der Waals surface area contributed by atoms with Crippen LogP contribution in [0.5, 0.6) is 5.75 Å². The highest BCUT2D eigenvalue weighted by Crippen LogP contribution is 2.31. The summed E-state index contributed by atoms with van der Waals surface area (Å²) in [5.74, 6) is 0.654. The topological polar surface area (TPSA) is 63.6 Å². The SMILES string of the molecule is C[C@@H](O)c1ccccc1OC1CCCC(S(C)(=O)=O)C1. The lowest BCUT2D eigenvalue weighted by atomic mass is 9.97. The third-order valence-electron chi connectivity index (χ3n) is 3.85. The average Bonchev–Trinajstić information content (AvgIpc) is 2.38. The number of ether oxygens (including phenoxy) is 1. The van der Waals surface area contributed by atoms with E-state index in [4.69, 9.17) is 4.74 Å². The lowest BCUT2D eigenvalue weighted by Crippen LogP contribution is -2.33. The van der Waals surface area contributed by atoms with Crippen LogP contribution in [0, 0.1) is 0 Å². The molecule has 1 aliphatic rings. The molecule has 1 aromatic rings. The molecule has 112 valence electrons. The highest BCUT2D eigenvalue weighted by molar-refractivity contribution is 7.91. The summed E-state index contributed by atoms with van der Waals surface area (Å²) in [5.41, 5.74) is 0.744. The fourth-order valence-electron chi connectivity index (χ4n) is 2.71. The second-order valence-electron chi connectivity index (χ2n) is 5.57. The van der Waals surface area contributed by atoms with Gasteiger partial charge in [0.2, 0.25) is 0 Å². The second kappa shape index (κ2) is 6.14. The highest BCUT2D eigenvalue weighted by atomic mass is 32.2. The first-order valence-corrected chi connectivity index (χ1v) is 8.96. The van der Waals surface area contributed by atoms with E-state index in [9.17, 15) is 13.5 Å². The van der Waals surface area contributed by atoms with Crippen LogP contribution in [0.25, 0.3) is 0 Å².